The standard InChI is InChI=1S/C27H34O7/c1-4-8-20-23(33-26(29)17-9-6-5-7-10-17)22(28)25-27(3,34-20)24-21(32-25)14-19(31-24)12-11-18-13-16(2)15-30-18/h4-7,9-10,18-25,28H,1-2,8,11-15H2,3H3/t18-,19+,20-,21+,22-,23-,24?,25-,27-/m0/s1. The number of carbonyl (C=O) groups excluding carboxylic acids is 1. The van der Waals surface area contributed by atoms with E-state index in [1.54, 1.807) is 30.3 Å². The molecule has 0 bridgehead atoms. The Morgan fingerprint density at radius 3 is 2.68 bits per heavy atom. The number of rotatable bonds is 7. The minimum Gasteiger partial charge on any atom is -0.453 e. The molecule has 9 atom stereocenters. The highest BCUT2D eigenvalue weighted by molar-refractivity contribution is 5.89. The van der Waals surface area contributed by atoms with Crippen LogP contribution < -0.4 is 0 Å². The van der Waals surface area contributed by atoms with Crippen LogP contribution in [0.2, 0.25) is 0 Å². The second-order valence-electron chi connectivity index (χ2n) is 10.1. The third-order valence-electron chi connectivity index (χ3n) is 7.54. The molecule has 5 rings (SSSR count). The molecule has 184 valence electrons. The van der Waals surface area contributed by atoms with Gasteiger partial charge in [0, 0.05) is 6.42 Å². The lowest BCUT2D eigenvalue weighted by molar-refractivity contribution is -0.263. The van der Waals surface area contributed by atoms with E-state index >= 15 is 0 Å². The highest BCUT2D eigenvalue weighted by Crippen LogP contribution is 2.49. The second kappa shape index (κ2) is 9.55. The summed E-state index contributed by atoms with van der Waals surface area (Å²) < 4.78 is 30.8. The number of esters is 1. The Hall–Kier alpha value is -2.03. The zero-order valence-electron chi connectivity index (χ0n) is 19.6. The van der Waals surface area contributed by atoms with Crippen LogP contribution in [0.1, 0.15) is 49.4 Å². The second-order valence-corrected chi connectivity index (χ2v) is 10.1. The number of hydrogen-bond acceptors (Lipinski definition) is 7. The van der Waals surface area contributed by atoms with Gasteiger partial charge in [-0.1, -0.05) is 30.9 Å². The lowest BCUT2D eigenvalue weighted by atomic mass is 9.82. The molecule has 7 nitrogen and oxygen atoms in total. The maximum atomic E-state index is 12.7. The van der Waals surface area contributed by atoms with Gasteiger partial charge in [-0.25, -0.2) is 4.79 Å². The zero-order chi connectivity index (χ0) is 23.9. The molecule has 34 heavy (non-hydrogen) atoms. The van der Waals surface area contributed by atoms with Gasteiger partial charge < -0.3 is 28.8 Å². The average Bonchev–Trinajstić information content (AvgIpc) is 3.50. The monoisotopic (exact) mass is 470 g/mol. The first-order valence-electron chi connectivity index (χ1n) is 12.2. The van der Waals surface area contributed by atoms with Crippen molar-refractivity contribution in [2.24, 2.45) is 0 Å². The van der Waals surface area contributed by atoms with E-state index in [9.17, 15) is 9.90 Å². The SMILES string of the molecule is C=CC[C@@H]1O[C@@]2(C)C3O[C@H](CC[C@H]4CC(=C)CO4)C[C@H]3O[C@H]2[C@@H](O)[C@H]1OC(=O)c1ccccc1. The van der Waals surface area contributed by atoms with E-state index in [2.05, 4.69) is 13.2 Å². The van der Waals surface area contributed by atoms with Gasteiger partial charge in [0.05, 0.1) is 30.5 Å². The van der Waals surface area contributed by atoms with Crippen LogP contribution in [0, 0.1) is 0 Å². The fourth-order valence-corrected chi connectivity index (χ4v) is 5.87. The molecule has 0 amide bonds. The van der Waals surface area contributed by atoms with Gasteiger partial charge in [0.2, 0.25) is 0 Å². The molecule has 0 saturated carbocycles. The van der Waals surface area contributed by atoms with E-state index in [0.29, 0.717) is 18.6 Å². The largest absolute Gasteiger partial charge is 0.453 e. The van der Waals surface area contributed by atoms with Crippen LogP contribution in [0.4, 0.5) is 0 Å². The third kappa shape index (κ3) is 4.36. The highest BCUT2D eigenvalue weighted by atomic mass is 16.7. The first-order valence-corrected chi connectivity index (χ1v) is 12.2. The molecule has 4 fully saturated rings. The number of aliphatic hydroxyl groups is 1. The van der Waals surface area contributed by atoms with Gasteiger partial charge in [-0.3, -0.25) is 0 Å². The van der Waals surface area contributed by atoms with E-state index in [1.165, 1.54) is 0 Å². The molecule has 4 aliphatic rings. The molecule has 4 heterocycles. The van der Waals surface area contributed by atoms with Crippen LogP contribution in [-0.4, -0.2) is 72.1 Å². The van der Waals surface area contributed by atoms with Gasteiger partial charge in [-0.05, 0) is 50.3 Å². The fourth-order valence-electron chi connectivity index (χ4n) is 5.87. The highest BCUT2D eigenvalue weighted by Gasteiger charge is 2.66. The molecule has 7 heteroatoms. The molecule has 0 aliphatic carbocycles. The Bertz CT molecular complexity index is 917. The molecular weight excluding hydrogens is 436 g/mol. The molecule has 1 aromatic rings. The topological polar surface area (TPSA) is 83.5 Å². The van der Waals surface area contributed by atoms with E-state index in [1.807, 2.05) is 13.0 Å². The van der Waals surface area contributed by atoms with Gasteiger partial charge in [0.15, 0.2) is 6.10 Å². The quantitative estimate of drug-likeness (QED) is 0.483. The van der Waals surface area contributed by atoms with Gasteiger partial charge >= 0.3 is 5.97 Å². The number of benzene rings is 1. The zero-order valence-corrected chi connectivity index (χ0v) is 19.6. The van der Waals surface area contributed by atoms with Crippen molar-refractivity contribution >= 4 is 5.97 Å². The number of ether oxygens (including phenoxy) is 5. The summed E-state index contributed by atoms with van der Waals surface area (Å²) >= 11 is 0. The summed E-state index contributed by atoms with van der Waals surface area (Å²) in [5.41, 5.74) is 0.721. The van der Waals surface area contributed by atoms with Crippen molar-refractivity contribution < 1.29 is 33.6 Å². The summed E-state index contributed by atoms with van der Waals surface area (Å²) in [6, 6.07) is 8.74. The summed E-state index contributed by atoms with van der Waals surface area (Å²) in [6.07, 6.45) is 2.27. The van der Waals surface area contributed by atoms with Gasteiger partial charge in [0.1, 0.15) is 30.0 Å². The summed E-state index contributed by atoms with van der Waals surface area (Å²) in [5, 5.41) is 11.3. The number of carbonyl (C=O) groups is 1. The molecule has 1 aromatic carbocycles. The maximum absolute atomic E-state index is 12.7. The minimum atomic E-state index is -1.04. The van der Waals surface area contributed by atoms with E-state index in [0.717, 1.165) is 31.3 Å². The van der Waals surface area contributed by atoms with E-state index in [-0.39, 0.29) is 24.4 Å². The van der Waals surface area contributed by atoms with Crippen molar-refractivity contribution in [3.05, 3.63) is 60.7 Å². The molecule has 1 N–H and O–H groups in total. The van der Waals surface area contributed by atoms with Crippen LogP contribution in [0.3, 0.4) is 0 Å². The number of fused-ring (bicyclic) bond motifs is 3. The van der Waals surface area contributed by atoms with Crippen LogP contribution in [0.5, 0.6) is 0 Å². The fraction of sp³-hybridized carbons (Fsp3) is 0.593. The normalized spacial score (nSPS) is 41.2. The summed E-state index contributed by atoms with van der Waals surface area (Å²) in [6.45, 7) is 10.4. The van der Waals surface area contributed by atoms with Crippen molar-refractivity contribution in [3.8, 4) is 0 Å². The van der Waals surface area contributed by atoms with E-state index < -0.39 is 36.0 Å². The Morgan fingerprint density at radius 2 is 1.97 bits per heavy atom. The lowest BCUT2D eigenvalue weighted by Crippen LogP contribution is -2.65. The van der Waals surface area contributed by atoms with Crippen molar-refractivity contribution in [2.45, 2.75) is 93.5 Å². The Labute approximate surface area is 200 Å². The molecule has 0 spiro atoms. The first-order chi connectivity index (χ1) is 16.4. The first kappa shape index (κ1) is 23.7. The van der Waals surface area contributed by atoms with Crippen molar-refractivity contribution in [3.63, 3.8) is 0 Å². The summed E-state index contributed by atoms with van der Waals surface area (Å²) in [4.78, 5) is 12.7. The van der Waals surface area contributed by atoms with Crippen molar-refractivity contribution in [1.29, 1.82) is 0 Å². The van der Waals surface area contributed by atoms with Gasteiger partial charge in [-0.15, -0.1) is 6.58 Å². The predicted octanol–water partition coefficient (Wildman–Crippen LogP) is 3.36. The molecule has 0 radical (unpaired) electrons. The minimum absolute atomic E-state index is 0.0532. The van der Waals surface area contributed by atoms with Crippen LogP contribution in [-0.2, 0) is 23.7 Å². The van der Waals surface area contributed by atoms with Crippen LogP contribution >= 0.6 is 0 Å². The van der Waals surface area contributed by atoms with E-state index in [4.69, 9.17) is 23.7 Å². The van der Waals surface area contributed by atoms with Crippen LogP contribution in [0.15, 0.2) is 55.1 Å². The number of hydrogen-bond donors (Lipinski definition) is 1. The lowest BCUT2D eigenvalue weighted by Gasteiger charge is -2.47. The Morgan fingerprint density at radius 1 is 1.21 bits per heavy atom. The number of aliphatic hydroxyl groups excluding tert-OH is 1. The maximum Gasteiger partial charge on any atom is 0.338 e. The summed E-state index contributed by atoms with van der Waals surface area (Å²) in [5.74, 6) is -0.503. The predicted molar refractivity (Wildman–Crippen MR) is 124 cm³/mol. The van der Waals surface area contributed by atoms with Gasteiger partial charge in [0.25, 0.3) is 0 Å². The molecule has 0 aromatic heterocycles. The smallest absolute Gasteiger partial charge is 0.338 e. The van der Waals surface area contributed by atoms with Crippen molar-refractivity contribution in [2.75, 3.05) is 6.61 Å². The average molecular weight is 471 g/mol. The molecule has 4 aliphatic heterocycles. The third-order valence-corrected chi connectivity index (χ3v) is 7.54. The van der Waals surface area contributed by atoms with Crippen LogP contribution in [0.25, 0.3) is 0 Å². The Balaban J connectivity index is 1.26. The Kier molecular flexibility index (Phi) is 6.66. The molecule has 1 unspecified atom stereocenters. The summed E-state index contributed by atoms with van der Waals surface area (Å²) in [7, 11) is 0. The van der Waals surface area contributed by atoms with Gasteiger partial charge in [-0.2, -0.15) is 0 Å². The molecule has 4 saturated heterocycles. The molecular formula is C27H34O7. The van der Waals surface area contributed by atoms with Crippen molar-refractivity contribution in [1.82, 2.24) is 0 Å².